The first-order valence-electron chi connectivity index (χ1n) is 12.5. The lowest BCUT2D eigenvalue weighted by atomic mass is 9.89. The van der Waals surface area contributed by atoms with E-state index in [9.17, 15) is 13.2 Å². The second-order valence-corrected chi connectivity index (χ2v) is 11.2. The van der Waals surface area contributed by atoms with Gasteiger partial charge in [-0.1, -0.05) is 35.9 Å². The average molecular weight is 523 g/mol. The van der Waals surface area contributed by atoms with Crippen LogP contribution in [-0.4, -0.2) is 35.1 Å². The van der Waals surface area contributed by atoms with Crippen LogP contribution in [0.3, 0.4) is 0 Å². The number of fused-ring (bicyclic) bond motifs is 1. The van der Waals surface area contributed by atoms with E-state index in [1.807, 2.05) is 19.9 Å². The zero-order chi connectivity index (χ0) is 26.6. The van der Waals surface area contributed by atoms with Crippen molar-refractivity contribution in [1.29, 1.82) is 0 Å². The third kappa shape index (κ3) is 5.91. The minimum absolute atomic E-state index is 0.0820. The highest BCUT2D eigenvalue weighted by molar-refractivity contribution is 7.92. The molecule has 0 heterocycles. The zero-order valence-corrected chi connectivity index (χ0v) is 22.6. The molecule has 4 rings (SSSR count). The lowest BCUT2D eigenvalue weighted by Gasteiger charge is -2.27. The van der Waals surface area contributed by atoms with Gasteiger partial charge in [-0.05, 0) is 80.5 Å². The summed E-state index contributed by atoms with van der Waals surface area (Å²) in [6, 6.07) is 17.5. The predicted molar refractivity (Wildman–Crippen MR) is 145 cm³/mol. The smallest absolute Gasteiger partial charge is 0.264 e. The molecule has 1 atom stereocenters. The summed E-state index contributed by atoms with van der Waals surface area (Å²) < 4.78 is 39.5. The molecule has 0 fully saturated rings. The molecule has 1 amide bonds. The second-order valence-electron chi connectivity index (χ2n) is 9.39. The molecule has 1 aliphatic rings. The molecule has 7 nitrogen and oxygen atoms in total. The van der Waals surface area contributed by atoms with Gasteiger partial charge in [0.15, 0.2) is 0 Å². The van der Waals surface area contributed by atoms with Crippen molar-refractivity contribution in [2.45, 2.75) is 50.5 Å². The second kappa shape index (κ2) is 11.3. The molecule has 0 spiro atoms. The van der Waals surface area contributed by atoms with Crippen LogP contribution in [0.1, 0.15) is 48.1 Å². The van der Waals surface area contributed by atoms with Crippen molar-refractivity contribution in [1.82, 2.24) is 5.32 Å². The molecule has 1 aliphatic carbocycles. The van der Waals surface area contributed by atoms with E-state index >= 15 is 0 Å². The van der Waals surface area contributed by atoms with Crippen LogP contribution >= 0.6 is 0 Å². The van der Waals surface area contributed by atoms with E-state index in [2.05, 4.69) is 17.4 Å². The molecule has 0 aliphatic heterocycles. The largest absolute Gasteiger partial charge is 0.497 e. The zero-order valence-electron chi connectivity index (χ0n) is 21.8. The van der Waals surface area contributed by atoms with Gasteiger partial charge < -0.3 is 14.8 Å². The van der Waals surface area contributed by atoms with Crippen LogP contribution in [-0.2, 0) is 27.7 Å². The molecular formula is C29H34N2O5S. The molecule has 1 N–H and O–H groups in total. The van der Waals surface area contributed by atoms with E-state index < -0.39 is 22.5 Å². The summed E-state index contributed by atoms with van der Waals surface area (Å²) in [7, 11) is -1.14. The molecule has 8 heteroatoms. The molecule has 0 aromatic heterocycles. The highest BCUT2D eigenvalue weighted by Crippen LogP contribution is 2.36. The van der Waals surface area contributed by atoms with Crippen molar-refractivity contribution in [2.75, 3.05) is 25.1 Å². The lowest BCUT2D eigenvalue weighted by molar-refractivity contribution is -0.120. The number of amides is 1. The Morgan fingerprint density at radius 2 is 1.65 bits per heavy atom. The molecular weight excluding hydrogens is 488 g/mol. The van der Waals surface area contributed by atoms with Crippen LogP contribution in [0.2, 0.25) is 0 Å². The van der Waals surface area contributed by atoms with Crippen molar-refractivity contribution >= 4 is 21.6 Å². The van der Waals surface area contributed by atoms with Gasteiger partial charge in [0.1, 0.15) is 18.0 Å². The predicted octanol–water partition coefficient (Wildman–Crippen LogP) is 4.96. The maximum Gasteiger partial charge on any atom is 0.264 e. The fourth-order valence-electron chi connectivity index (χ4n) is 4.65. The normalized spacial score (nSPS) is 13.8. The van der Waals surface area contributed by atoms with Gasteiger partial charge in [0.2, 0.25) is 5.91 Å². The van der Waals surface area contributed by atoms with Gasteiger partial charge in [0.25, 0.3) is 10.0 Å². The Morgan fingerprint density at radius 1 is 0.946 bits per heavy atom. The summed E-state index contributed by atoms with van der Waals surface area (Å²) >= 11 is 0. The van der Waals surface area contributed by atoms with Gasteiger partial charge in [-0.15, -0.1) is 0 Å². The van der Waals surface area contributed by atoms with Crippen LogP contribution in [0.5, 0.6) is 11.5 Å². The van der Waals surface area contributed by atoms with E-state index in [1.165, 1.54) is 50.3 Å². The molecule has 37 heavy (non-hydrogen) atoms. The van der Waals surface area contributed by atoms with Gasteiger partial charge in [0.05, 0.1) is 30.8 Å². The van der Waals surface area contributed by atoms with Gasteiger partial charge in [0, 0.05) is 6.07 Å². The molecule has 0 saturated heterocycles. The van der Waals surface area contributed by atoms with Crippen LogP contribution in [0, 0.1) is 6.92 Å². The number of hydrogen-bond acceptors (Lipinski definition) is 5. The Morgan fingerprint density at radius 3 is 2.32 bits per heavy atom. The van der Waals surface area contributed by atoms with Crippen LogP contribution in [0.15, 0.2) is 65.6 Å². The summed E-state index contributed by atoms with van der Waals surface area (Å²) in [6.45, 7) is 3.37. The third-order valence-electron chi connectivity index (χ3n) is 6.80. The molecule has 0 bridgehead atoms. The first-order valence-corrected chi connectivity index (χ1v) is 13.9. The molecule has 0 unspecified atom stereocenters. The number of ether oxygens (including phenoxy) is 2. The highest BCUT2D eigenvalue weighted by atomic mass is 32.2. The molecule has 3 aromatic carbocycles. The number of nitrogens with one attached hydrogen (secondary N) is 1. The van der Waals surface area contributed by atoms with Crippen LogP contribution < -0.4 is 19.1 Å². The first-order chi connectivity index (χ1) is 17.7. The van der Waals surface area contributed by atoms with E-state index in [1.54, 1.807) is 30.3 Å². The maximum atomic E-state index is 13.8. The summed E-state index contributed by atoms with van der Waals surface area (Å²) in [5.74, 6) is 0.334. The minimum atomic E-state index is -4.10. The number of carbonyl (C=O) groups excluding carboxylic acids is 1. The highest BCUT2D eigenvalue weighted by Gasteiger charge is 2.30. The fourth-order valence-corrected chi connectivity index (χ4v) is 6.08. The Hall–Kier alpha value is -3.52. The Bertz CT molecular complexity index is 1370. The van der Waals surface area contributed by atoms with Gasteiger partial charge >= 0.3 is 0 Å². The molecule has 3 aromatic rings. The van der Waals surface area contributed by atoms with Crippen molar-refractivity contribution < 1.29 is 22.7 Å². The number of carbonyl (C=O) groups is 1. The third-order valence-corrected chi connectivity index (χ3v) is 8.57. The summed E-state index contributed by atoms with van der Waals surface area (Å²) in [6.07, 6.45) is 4.51. The van der Waals surface area contributed by atoms with E-state index in [0.717, 1.165) is 28.3 Å². The van der Waals surface area contributed by atoms with Crippen molar-refractivity contribution in [2.24, 2.45) is 0 Å². The van der Waals surface area contributed by atoms with E-state index in [4.69, 9.17) is 9.47 Å². The summed E-state index contributed by atoms with van der Waals surface area (Å²) in [5, 5.41) is 2.98. The number of anilines is 1. The Balaban J connectivity index is 1.65. The van der Waals surface area contributed by atoms with Crippen molar-refractivity contribution in [3.8, 4) is 11.5 Å². The number of methoxy groups -OCH3 is 2. The Kier molecular flexibility index (Phi) is 8.07. The van der Waals surface area contributed by atoms with Crippen molar-refractivity contribution in [3.05, 3.63) is 82.9 Å². The lowest BCUT2D eigenvalue weighted by Crippen LogP contribution is -2.41. The molecule has 0 radical (unpaired) electrons. The number of nitrogens with zero attached hydrogens (tertiary/aromatic N) is 1. The maximum absolute atomic E-state index is 13.8. The average Bonchev–Trinajstić information content (AvgIpc) is 2.91. The van der Waals surface area contributed by atoms with Gasteiger partial charge in [-0.2, -0.15) is 0 Å². The van der Waals surface area contributed by atoms with Crippen molar-refractivity contribution in [3.63, 3.8) is 0 Å². The fraction of sp³-hybridized carbons (Fsp3) is 0.345. The number of rotatable bonds is 9. The topological polar surface area (TPSA) is 84.9 Å². The van der Waals surface area contributed by atoms with Gasteiger partial charge in [-0.3, -0.25) is 9.10 Å². The number of sulfonamides is 1. The monoisotopic (exact) mass is 522 g/mol. The van der Waals surface area contributed by atoms with E-state index in [0.29, 0.717) is 11.5 Å². The standard InChI is InChI=1S/C29H34N2O5S/c1-20-9-14-26(15-10-20)37(33,34)31(27-18-25(35-3)13-16-28(27)36-4)19-29(32)30-21(2)23-12-11-22-7-5-6-8-24(22)17-23/h9-18,21H,5-8,19H2,1-4H3,(H,30,32)/t21-/m0/s1. The number of aryl methyl sites for hydroxylation is 3. The minimum Gasteiger partial charge on any atom is -0.497 e. The number of benzene rings is 3. The number of hydrogen-bond donors (Lipinski definition) is 1. The van der Waals surface area contributed by atoms with Crippen LogP contribution in [0.25, 0.3) is 0 Å². The summed E-state index contributed by atoms with van der Waals surface area (Å²) in [4.78, 5) is 13.4. The van der Waals surface area contributed by atoms with Gasteiger partial charge in [-0.25, -0.2) is 8.42 Å². The SMILES string of the molecule is COc1ccc(OC)c(N(CC(=O)N[C@@H](C)c2ccc3c(c2)CCCC3)S(=O)(=O)c2ccc(C)cc2)c1. The van der Waals surface area contributed by atoms with Crippen LogP contribution in [0.4, 0.5) is 5.69 Å². The molecule has 196 valence electrons. The Labute approximate surface area is 219 Å². The van der Waals surface area contributed by atoms with E-state index in [-0.39, 0.29) is 16.6 Å². The first kappa shape index (κ1) is 26.5. The summed E-state index contributed by atoms with van der Waals surface area (Å²) in [5.41, 5.74) is 4.85. The molecule has 0 saturated carbocycles. The quantitative estimate of drug-likeness (QED) is 0.429.